The van der Waals surface area contributed by atoms with Crippen molar-refractivity contribution in [3.8, 4) is 0 Å². The number of anilines is 1. The van der Waals surface area contributed by atoms with E-state index in [-0.39, 0.29) is 11.8 Å². The minimum Gasteiger partial charge on any atom is -0.338 e. The Kier molecular flexibility index (Phi) is 6.51. The first-order valence-electron chi connectivity index (χ1n) is 7.91. The van der Waals surface area contributed by atoms with Gasteiger partial charge in [0.25, 0.3) is 0 Å². The van der Waals surface area contributed by atoms with Gasteiger partial charge >= 0.3 is 6.03 Å². The van der Waals surface area contributed by atoms with Crippen LogP contribution in [0.3, 0.4) is 0 Å². The summed E-state index contributed by atoms with van der Waals surface area (Å²) < 4.78 is 0. The second-order valence-corrected chi connectivity index (χ2v) is 5.86. The molecule has 0 heterocycles. The highest BCUT2D eigenvalue weighted by atomic mass is 16.2. The van der Waals surface area contributed by atoms with Gasteiger partial charge < -0.3 is 15.5 Å². The third-order valence-corrected chi connectivity index (χ3v) is 3.44. The van der Waals surface area contributed by atoms with Crippen molar-refractivity contribution in [2.75, 3.05) is 32.5 Å². The molecule has 2 aromatic rings. The Labute approximate surface area is 142 Å². The number of hydrogen-bond acceptors (Lipinski definition) is 3. The van der Waals surface area contributed by atoms with E-state index < -0.39 is 0 Å². The van der Waals surface area contributed by atoms with E-state index in [0.717, 1.165) is 6.42 Å². The lowest BCUT2D eigenvalue weighted by atomic mass is 10.1. The Morgan fingerprint density at radius 2 is 1.75 bits per heavy atom. The number of carbonyl (C=O) groups is 2. The summed E-state index contributed by atoms with van der Waals surface area (Å²) in [6.07, 6.45) is 0.773. The number of benzene rings is 2. The molecule has 0 fully saturated rings. The molecule has 126 valence electrons. The van der Waals surface area contributed by atoms with Gasteiger partial charge in [0, 0.05) is 17.8 Å². The summed E-state index contributed by atoms with van der Waals surface area (Å²) in [5, 5.41) is 5.58. The fraction of sp³-hybridized carbons (Fsp3) is 0.263. The Morgan fingerprint density at radius 3 is 2.46 bits per heavy atom. The second-order valence-electron chi connectivity index (χ2n) is 5.86. The van der Waals surface area contributed by atoms with Gasteiger partial charge in [-0.1, -0.05) is 42.5 Å². The van der Waals surface area contributed by atoms with Crippen molar-refractivity contribution in [3.05, 3.63) is 65.7 Å². The van der Waals surface area contributed by atoms with Crippen molar-refractivity contribution >= 4 is 17.5 Å². The van der Waals surface area contributed by atoms with E-state index >= 15 is 0 Å². The maximum atomic E-state index is 12.1. The molecule has 0 unspecified atom stereocenters. The number of amides is 2. The fourth-order valence-electron chi connectivity index (χ4n) is 2.29. The van der Waals surface area contributed by atoms with Gasteiger partial charge in [0.1, 0.15) is 0 Å². The molecule has 0 saturated carbocycles. The molecule has 5 nitrogen and oxygen atoms in total. The summed E-state index contributed by atoms with van der Waals surface area (Å²) in [5.41, 5.74) is 2.37. The smallest absolute Gasteiger partial charge is 0.319 e. The van der Waals surface area contributed by atoms with Crippen molar-refractivity contribution in [2.24, 2.45) is 0 Å². The maximum absolute atomic E-state index is 12.1. The molecular weight excluding hydrogens is 302 g/mol. The predicted octanol–water partition coefficient (Wildman–Crippen LogP) is 2.80. The van der Waals surface area contributed by atoms with E-state index in [0.29, 0.717) is 24.3 Å². The molecule has 0 aliphatic carbocycles. The Morgan fingerprint density at radius 1 is 1.00 bits per heavy atom. The van der Waals surface area contributed by atoms with Crippen LogP contribution in [-0.4, -0.2) is 43.9 Å². The first-order chi connectivity index (χ1) is 11.5. The third kappa shape index (κ3) is 5.85. The first kappa shape index (κ1) is 17.7. The van der Waals surface area contributed by atoms with Crippen LogP contribution in [0.2, 0.25) is 0 Å². The van der Waals surface area contributed by atoms with Crippen LogP contribution in [0.25, 0.3) is 0 Å². The third-order valence-electron chi connectivity index (χ3n) is 3.44. The predicted molar refractivity (Wildman–Crippen MR) is 96.5 cm³/mol. The number of urea groups is 1. The number of nitrogens with zero attached hydrogens (tertiary/aromatic N) is 1. The van der Waals surface area contributed by atoms with Crippen molar-refractivity contribution < 1.29 is 9.59 Å². The van der Waals surface area contributed by atoms with Crippen molar-refractivity contribution in [3.63, 3.8) is 0 Å². The van der Waals surface area contributed by atoms with Gasteiger partial charge in [-0.15, -0.1) is 0 Å². The summed E-state index contributed by atoms with van der Waals surface area (Å²) in [6, 6.07) is 16.7. The van der Waals surface area contributed by atoms with E-state index in [1.54, 1.807) is 24.3 Å². The first-order valence-corrected chi connectivity index (χ1v) is 7.91. The second kappa shape index (κ2) is 8.84. The van der Waals surface area contributed by atoms with Gasteiger partial charge in [-0.05, 0) is 38.2 Å². The lowest BCUT2D eigenvalue weighted by molar-refractivity contribution is 0.0958. The van der Waals surface area contributed by atoms with Crippen molar-refractivity contribution in [1.82, 2.24) is 10.2 Å². The summed E-state index contributed by atoms with van der Waals surface area (Å²) in [7, 11) is 3.69. The molecule has 0 saturated heterocycles. The molecule has 0 aliphatic heterocycles. The largest absolute Gasteiger partial charge is 0.338 e. The molecule has 2 amide bonds. The van der Waals surface area contributed by atoms with Crippen LogP contribution < -0.4 is 10.6 Å². The molecule has 0 aliphatic rings. The van der Waals surface area contributed by atoms with Crippen LogP contribution in [0.1, 0.15) is 15.9 Å². The number of likely N-dealkylation sites (N-methyl/N-ethyl adjacent to an activating group) is 1. The van der Waals surface area contributed by atoms with Crippen LogP contribution in [0.4, 0.5) is 10.5 Å². The van der Waals surface area contributed by atoms with Gasteiger partial charge in [-0.2, -0.15) is 0 Å². The number of Topliss-reactive ketones (excluding diaryl/α,β-unsaturated/α-hetero) is 1. The zero-order valence-electron chi connectivity index (χ0n) is 14.1. The lowest BCUT2D eigenvalue weighted by Crippen LogP contribution is -2.30. The molecule has 0 spiro atoms. The molecule has 5 heteroatoms. The van der Waals surface area contributed by atoms with Crippen LogP contribution in [-0.2, 0) is 6.42 Å². The topological polar surface area (TPSA) is 61.4 Å². The summed E-state index contributed by atoms with van der Waals surface area (Å²) in [4.78, 5) is 25.8. The number of carbonyl (C=O) groups excluding carboxylic acids is 2. The maximum Gasteiger partial charge on any atom is 0.319 e. The highest BCUT2D eigenvalue weighted by Crippen LogP contribution is 2.11. The molecule has 2 N–H and O–H groups in total. The highest BCUT2D eigenvalue weighted by Gasteiger charge is 2.08. The fourth-order valence-corrected chi connectivity index (χ4v) is 2.29. The zero-order valence-corrected chi connectivity index (χ0v) is 14.1. The lowest BCUT2D eigenvalue weighted by Gasteiger charge is -2.11. The summed E-state index contributed by atoms with van der Waals surface area (Å²) in [5.74, 6) is 0.0214. The number of hydrogen-bond donors (Lipinski definition) is 2. The number of nitrogens with one attached hydrogen (secondary N) is 2. The van der Waals surface area contributed by atoms with Crippen molar-refractivity contribution in [2.45, 2.75) is 6.42 Å². The van der Waals surface area contributed by atoms with E-state index in [1.165, 1.54) is 5.56 Å². The Balaban J connectivity index is 1.84. The molecule has 2 rings (SSSR count). The van der Waals surface area contributed by atoms with Gasteiger partial charge in [0.05, 0.1) is 6.54 Å². The monoisotopic (exact) mass is 325 g/mol. The average molecular weight is 325 g/mol. The van der Waals surface area contributed by atoms with Gasteiger partial charge in [-0.3, -0.25) is 4.79 Å². The van der Waals surface area contributed by atoms with Gasteiger partial charge in [0.15, 0.2) is 5.78 Å². The summed E-state index contributed by atoms with van der Waals surface area (Å²) >= 11 is 0. The minimum absolute atomic E-state index is 0.0214. The SMILES string of the molecule is CN(C)CC(=O)c1cccc(NC(=O)NCCc2ccccc2)c1. The molecule has 0 atom stereocenters. The average Bonchev–Trinajstić information content (AvgIpc) is 2.55. The van der Waals surface area contributed by atoms with Gasteiger partial charge in [0.2, 0.25) is 0 Å². The normalized spacial score (nSPS) is 10.5. The Hall–Kier alpha value is -2.66. The molecule has 0 aromatic heterocycles. The van der Waals surface area contributed by atoms with Crippen LogP contribution in [0, 0.1) is 0 Å². The molecule has 0 bridgehead atoms. The zero-order chi connectivity index (χ0) is 17.4. The van der Waals surface area contributed by atoms with Crippen molar-refractivity contribution in [1.29, 1.82) is 0 Å². The minimum atomic E-state index is -0.275. The summed E-state index contributed by atoms with van der Waals surface area (Å²) in [6.45, 7) is 0.891. The van der Waals surface area contributed by atoms with Crippen LogP contribution in [0.5, 0.6) is 0 Å². The Bertz CT molecular complexity index is 684. The highest BCUT2D eigenvalue weighted by molar-refractivity contribution is 5.99. The molecule has 0 radical (unpaired) electrons. The molecule has 2 aromatic carbocycles. The van der Waals surface area contributed by atoms with E-state index in [2.05, 4.69) is 10.6 Å². The van der Waals surface area contributed by atoms with Gasteiger partial charge in [-0.25, -0.2) is 4.79 Å². The van der Waals surface area contributed by atoms with E-state index in [1.807, 2.05) is 49.3 Å². The van der Waals surface area contributed by atoms with Crippen LogP contribution in [0.15, 0.2) is 54.6 Å². The van der Waals surface area contributed by atoms with E-state index in [9.17, 15) is 9.59 Å². The quantitative estimate of drug-likeness (QED) is 0.770. The number of ketones is 1. The van der Waals surface area contributed by atoms with Crippen LogP contribution >= 0.6 is 0 Å². The standard InChI is InChI=1S/C19H23N3O2/c1-22(2)14-18(23)16-9-6-10-17(13-16)21-19(24)20-12-11-15-7-4-3-5-8-15/h3-10,13H,11-12,14H2,1-2H3,(H2,20,21,24). The molecular formula is C19H23N3O2. The number of rotatable bonds is 7. The van der Waals surface area contributed by atoms with E-state index in [4.69, 9.17) is 0 Å². The molecule has 24 heavy (non-hydrogen) atoms.